The van der Waals surface area contributed by atoms with E-state index in [1.54, 1.807) is 6.07 Å². The van der Waals surface area contributed by atoms with Crippen LogP contribution in [0.5, 0.6) is 0 Å². The highest BCUT2D eigenvalue weighted by Crippen LogP contribution is 2.25. The minimum Gasteiger partial charge on any atom is -0.379 e. The molecule has 0 bridgehead atoms. The molecule has 2 aliphatic heterocycles. The van der Waals surface area contributed by atoms with E-state index in [-0.39, 0.29) is 18.0 Å². The van der Waals surface area contributed by atoms with Crippen LogP contribution in [0.25, 0.3) is 5.65 Å². The van der Waals surface area contributed by atoms with Gasteiger partial charge in [-0.2, -0.15) is 5.10 Å². The van der Waals surface area contributed by atoms with E-state index in [1.807, 2.05) is 10.7 Å². The summed E-state index contributed by atoms with van der Waals surface area (Å²) in [7, 11) is 0. The Morgan fingerprint density at radius 1 is 1.25 bits per heavy atom. The molecule has 2 fully saturated rings. The Morgan fingerprint density at radius 2 is 2.00 bits per heavy atom. The van der Waals surface area contributed by atoms with Gasteiger partial charge in [-0.3, -0.25) is 9.69 Å². The van der Waals surface area contributed by atoms with Gasteiger partial charge in [0.2, 0.25) is 0 Å². The molecule has 0 saturated carbocycles. The van der Waals surface area contributed by atoms with Crippen molar-refractivity contribution in [1.29, 1.82) is 0 Å². The van der Waals surface area contributed by atoms with Crippen LogP contribution in [0.15, 0.2) is 17.1 Å². The topological polar surface area (TPSA) is 74.7 Å². The van der Waals surface area contributed by atoms with Gasteiger partial charge in [0.1, 0.15) is 5.65 Å². The number of halogens is 1. The van der Waals surface area contributed by atoms with Gasteiger partial charge in [0.25, 0.3) is 5.56 Å². The zero-order valence-corrected chi connectivity index (χ0v) is 14.5. The van der Waals surface area contributed by atoms with Crippen molar-refractivity contribution in [1.82, 2.24) is 24.8 Å². The summed E-state index contributed by atoms with van der Waals surface area (Å²) in [6.07, 6.45) is 4.00. The molecule has 0 radical (unpaired) electrons. The van der Waals surface area contributed by atoms with Crippen LogP contribution >= 0.6 is 12.4 Å². The van der Waals surface area contributed by atoms with Crippen LogP contribution < -0.4 is 10.9 Å². The lowest BCUT2D eigenvalue weighted by molar-refractivity contribution is 0.0343. The summed E-state index contributed by atoms with van der Waals surface area (Å²) < 4.78 is 7.34. The lowest BCUT2D eigenvalue weighted by Gasteiger charge is -2.26. The highest BCUT2D eigenvalue weighted by Gasteiger charge is 2.21. The van der Waals surface area contributed by atoms with Gasteiger partial charge in [0.15, 0.2) is 0 Å². The molecule has 2 aromatic heterocycles. The van der Waals surface area contributed by atoms with Gasteiger partial charge < -0.3 is 15.0 Å². The van der Waals surface area contributed by atoms with Gasteiger partial charge in [0, 0.05) is 37.2 Å². The first-order valence-electron chi connectivity index (χ1n) is 8.42. The Morgan fingerprint density at radius 3 is 2.75 bits per heavy atom. The van der Waals surface area contributed by atoms with Crippen molar-refractivity contribution in [3.8, 4) is 0 Å². The van der Waals surface area contributed by atoms with E-state index >= 15 is 0 Å². The Labute approximate surface area is 146 Å². The maximum absolute atomic E-state index is 12.1. The fourth-order valence-electron chi connectivity index (χ4n) is 3.58. The smallest absolute Gasteiger partial charge is 0.251 e. The number of H-pyrrole nitrogens is 1. The summed E-state index contributed by atoms with van der Waals surface area (Å²) in [6.45, 7) is 6.21. The van der Waals surface area contributed by atoms with Crippen molar-refractivity contribution in [2.75, 3.05) is 39.4 Å². The van der Waals surface area contributed by atoms with E-state index in [2.05, 4.69) is 20.3 Å². The first-order valence-corrected chi connectivity index (χ1v) is 8.42. The molecule has 0 atom stereocenters. The molecule has 0 amide bonds. The number of aromatic amines is 1. The Balaban J connectivity index is 0.00000169. The van der Waals surface area contributed by atoms with Crippen LogP contribution in [0.1, 0.15) is 30.0 Å². The Hall–Kier alpha value is -1.41. The third-order valence-corrected chi connectivity index (χ3v) is 4.87. The highest BCUT2D eigenvalue weighted by molar-refractivity contribution is 5.85. The van der Waals surface area contributed by atoms with E-state index in [1.165, 1.54) is 0 Å². The van der Waals surface area contributed by atoms with Crippen LogP contribution in [0.3, 0.4) is 0 Å². The molecule has 0 aromatic carbocycles. The number of nitrogens with zero attached hydrogens (tertiary/aromatic N) is 3. The number of piperidine rings is 1. The molecule has 0 spiro atoms. The molecule has 2 N–H and O–H groups in total. The molecular weight excluding hydrogens is 330 g/mol. The largest absolute Gasteiger partial charge is 0.379 e. The second-order valence-corrected chi connectivity index (χ2v) is 6.40. The van der Waals surface area contributed by atoms with Gasteiger partial charge >= 0.3 is 0 Å². The molecular formula is C16H24ClN5O2. The number of hydrogen-bond donors (Lipinski definition) is 2. The Bertz CT molecular complexity index is 732. The average molecular weight is 354 g/mol. The monoisotopic (exact) mass is 353 g/mol. The molecule has 2 aliphatic rings. The van der Waals surface area contributed by atoms with Gasteiger partial charge in [-0.25, -0.2) is 4.52 Å². The minimum absolute atomic E-state index is 0. The lowest BCUT2D eigenvalue weighted by atomic mass is 9.94. The third kappa shape index (κ3) is 3.49. The summed E-state index contributed by atoms with van der Waals surface area (Å²) in [6, 6.07) is 1.72. The minimum atomic E-state index is -0.0326. The number of rotatable bonds is 3. The van der Waals surface area contributed by atoms with Crippen LogP contribution in [-0.4, -0.2) is 58.9 Å². The average Bonchev–Trinajstić information content (AvgIpc) is 2.99. The SMILES string of the molecule is Cl.O=c1cc(C2CCNCC2)n2ncc(CN3CCOCC3)c2[nH]1. The van der Waals surface area contributed by atoms with E-state index in [9.17, 15) is 4.79 Å². The third-order valence-electron chi connectivity index (χ3n) is 4.87. The van der Waals surface area contributed by atoms with Gasteiger partial charge in [0.05, 0.1) is 25.1 Å². The number of ether oxygens (including phenoxy) is 1. The number of hydrogen-bond acceptors (Lipinski definition) is 5. The summed E-state index contributed by atoms with van der Waals surface area (Å²) in [5, 5.41) is 7.94. The maximum Gasteiger partial charge on any atom is 0.251 e. The molecule has 2 aromatic rings. The summed E-state index contributed by atoms with van der Waals surface area (Å²) >= 11 is 0. The van der Waals surface area contributed by atoms with Gasteiger partial charge in [-0.1, -0.05) is 0 Å². The number of nitrogens with one attached hydrogen (secondary N) is 2. The molecule has 7 nitrogen and oxygen atoms in total. The highest BCUT2D eigenvalue weighted by atomic mass is 35.5. The van der Waals surface area contributed by atoms with Crippen LogP contribution in [0.2, 0.25) is 0 Å². The van der Waals surface area contributed by atoms with Crippen molar-refractivity contribution in [3.05, 3.63) is 33.9 Å². The lowest BCUT2D eigenvalue weighted by Crippen LogP contribution is -2.35. The first-order chi connectivity index (χ1) is 11.3. The normalized spacial score (nSPS) is 20.2. The van der Waals surface area contributed by atoms with Crippen molar-refractivity contribution in [2.24, 2.45) is 0 Å². The van der Waals surface area contributed by atoms with Crippen LogP contribution in [0, 0.1) is 0 Å². The second kappa shape index (κ2) is 7.65. The zero-order chi connectivity index (χ0) is 15.6. The fourth-order valence-corrected chi connectivity index (χ4v) is 3.58. The molecule has 132 valence electrons. The predicted molar refractivity (Wildman–Crippen MR) is 94.0 cm³/mol. The maximum atomic E-state index is 12.1. The van der Waals surface area contributed by atoms with Crippen molar-refractivity contribution in [2.45, 2.75) is 25.3 Å². The van der Waals surface area contributed by atoms with Crippen LogP contribution in [0.4, 0.5) is 0 Å². The van der Waals surface area contributed by atoms with Crippen LogP contribution in [-0.2, 0) is 11.3 Å². The molecule has 4 rings (SSSR count). The summed E-state index contributed by atoms with van der Waals surface area (Å²) in [5.41, 5.74) is 2.94. The quantitative estimate of drug-likeness (QED) is 0.851. The van der Waals surface area contributed by atoms with Crippen molar-refractivity contribution in [3.63, 3.8) is 0 Å². The number of aromatic nitrogens is 3. The van der Waals surface area contributed by atoms with Crippen molar-refractivity contribution >= 4 is 18.1 Å². The van der Waals surface area contributed by atoms with E-state index in [4.69, 9.17) is 4.74 Å². The number of fused-ring (bicyclic) bond motifs is 1. The van der Waals surface area contributed by atoms with Crippen molar-refractivity contribution < 1.29 is 4.74 Å². The standard InChI is InChI=1S/C16H23N5O2.ClH/c22-15-9-14(12-1-3-17-4-2-12)21-16(19-15)13(10-18-21)11-20-5-7-23-8-6-20;/h9-10,12,17H,1-8,11H2,(H,19,22);1H. The van der Waals surface area contributed by atoms with Gasteiger partial charge in [-0.15, -0.1) is 12.4 Å². The summed E-state index contributed by atoms with van der Waals surface area (Å²) in [4.78, 5) is 17.5. The molecule has 0 unspecified atom stereocenters. The molecule has 8 heteroatoms. The molecule has 4 heterocycles. The fraction of sp³-hybridized carbons (Fsp3) is 0.625. The van der Waals surface area contributed by atoms with E-state index in [0.717, 1.165) is 75.7 Å². The molecule has 24 heavy (non-hydrogen) atoms. The Kier molecular flexibility index (Phi) is 5.55. The molecule has 2 saturated heterocycles. The van der Waals surface area contributed by atoms with E-state index in [0.29, 0.717) is 5.92 Å². The van der Waals surface area contributed by atoms with Gasteiger partial charge in [-0.05, 0) is 25.9 Å². The second-order valence-electron chi connectivity index (χ2n) is 6.40. The van der Waals surface area contributed by atoms with E-state index < -0.39 is 0 Å². The zero-order valence-electron chi connectivity index (χ0n) is 13.7. The molecule has 0 aliphatic carbocycles. The number of morpholine rings is 1. The summed E-state index contributed by atoms with van der Waals surface area (Å²) in [5.74, 6) is 0.400. The predicted octanol–water partition coefficient (Wildman–Crippen LogP) is 0.744. The first kappa shape index (κ1) is 17.4.